The molecule has 38 heavy (non-hydrogen) atoms. The van der Waals surface area contributed by atoms with Gasteiger partial charge in [-0.15, -0.1) is 0 Å². The van der Waals surface area contributed by atoms with Crippen LogP contribution in [0.4, 0.5) is 43.9 Å². The van der Waals surface area contributed by atoms with E-state index in [1.807, 2.05) is 0 Å². The van der Waals surface area contributed by atoms with Crippen molar-refractivity contribution in [3.63, 3.8) is 0 Å². The molecule has 0 saturated heterocycles. The highest BCUT2D eigenvalue weighted by Crippen LogP contribution is 2.41. The largest absolute Gasteiger partial charge is 0.417 e. The summed E-state index contributed by atoms with van der Waals surface area (Å²) < 4.78 is 134. The smallest absolute Gasteiger partial charge is 0.294 e. The van der Waals surface area contributed by atoms with Crippen molar-refractivity contribution in [1.29, 1.82) is 0 Å². The predicted octanol–water partition coefficient (Wildman–Crippen LogP) is 10.2. The van der Waals surface area contributed by atoms with E-state index in [1.165, 1.54) is 6.92 Å². The number of halogens is 12. The van der Waals surface area contributed by atoms with E-state index in [4.69, 9.17) is 23.2 Å². The van der Waals surface area contributed by atoms with E-state index in [-0.39, 0.29) is 27.9 Å². The van der Waals surface area contributed by atoms with E-state index in [1.54, 1.807) is 0 Å². The van der Waals surface area contributed by atoms with Gasteiger partial charge in [-0.3, -0.25) is 4.79 Å². The maximum atomic E-state index is 14.9. The van der Waals surface area contributed by atoms with E-state index in [0.29, 0.717) is 17.8 Å². The molecule has 14 heteroatoms. The lowest BCUT2D eigenvalue weighted by molar-refractivity contribution is -0.140. The number of hydrogen-bond acceptors (Lipinski definition) is 2. The first-order valence-corrected chi connectivity index (χ1v) is 12.5. The number of allylic oxidation sites excluding steroid dienone is 1. The van der Waals surface area contributed by atoms with Crippen molar-refractivity contribution < 1.29 is 48.7 Å². The summed E-state index contributed by atoms with van der Waals surface area (Å²) >= 11 is 11.9. The lowest BCUT2D eigenvalue weighted by Crippen LogP contribution is -2.19. The van der Waals surface area contributed by atoms with Gasteiger partial charge in [0.05, 0.1) is 21.4 Å². The molecule has 0 aliphatic carbocycles. The van der Waals surface area contributed by atoms with Crippen LogP contribution in [-0.2, 0) is 6.18 Å². The second kappa shape index (κ2) is 12.5. The van der Waals surface area contributed by atoms with Crippen molar-refractivity contribution in [2.45, 2.75) is 37.8 Å². The van der Waals surface area contributed by atoms with Crippen LogP contribution in [0.5, 0.6) is 0 Å². The average Bonchev–Trinajstić information content (AvgIpc) is 2.76. The molecule has 0 fully saturated rings. The third-order valence-electron chi connectivity index (χ3n) is 5.07. The average molecular weight is 615 g/mol. The first-order valence-electron chi connectivity index (χ1n) is 10.6. The third-order valence-corrected chi connectivity index (χ3v) is 7.15. The maximum absolute atomic E-state index is 14.9. The molecule has 1 unspecified atom stereocenters. The molecule has 210 valence electrons. The molecule has 0 N–H and O–H groups in total. The van der Waals surface area contributed by atoms with Crippen molar-refractivity contribution in [1.82, 2.24) is 0 Å². The Morgan fingerprint density at radius 2 is 1.58 bits per heavy atom. The molecule has 0 amide bonds. The fourth-order valence-electron chi connectivity index (χ4n) is 3.36. The van der Waals surface area contributed by atoms with Gasteiger partial charge in [-0.05, 0) is 41.5 Å². The van der Waals surface area contributed by atoms with Crippen LogP contribution in [0.15, 0.2) is 42.5 Å². The summed E-state index contributed by atoms with van der Waals surface area (Å²) in [6, 6.07) is 4.40. The van der Waals surface area contributed by atoms with Crippen LogP contribution in [0.1, 0.15) is 46.3 Å². The van der Waals surface area contributed by atoms with E-state index in [0.717, 1.165) is 24.3 Å². The van der Waals surface area contributed by atoms with Gasteiger partial charge in [0.2, 0.25) is 0 Å². The van der Waals surface area contributed by atoms with Crippen LogP contribution in [-0.4, -0.2) is 29.6 Å². The molecule has 0 spiro atoms. The summed E-state index contributed by atoms with van der Waals surface area (Å²) in [5, 5.41) is -0.315. The van der Waals surface area contributed by atoms with E-state index >= 15 is 0 Å². The topological polar surface area (TPSA) is 17.1 Å². The summed E-state index contributed by atoms with van der Waals surface area (Å²) in [5.41, 5.74) is -3.84. The van der Waals surface area contributed by atoms with Crippen molar-refractivity contribution in [2.24, 2.45) is 5.92 Å². The third kappa shape index (κ3) is 9.37. The van der Waals surface area contributed by atoms with E-state index in [2.05, 4.69) is 0 Å². The summed E-state index contributed by atoms with van der Waals surface area (Å²) in [6.07, 6.45) is -15.1. The van der Waals surface area contributed by atoms with Crippen LogP contribution < -0.4 is 0 Å². The van der Waals surface area contributed by atoms with Gasteiger partial charge in [0.25, 0.3) is 0 Å². The fourth-order valence-corrected chi connectivity index (χ4v) is 4.54. The number of hydrogen-bond donors (Lipinski definition) is 0. The van der Waals surface area contributed by atoms with Crippen molar-refractivity contribution in [3.05, 3.63) is 74.8 Å². The number of carbonyl (C=O) groups excluding carboxylic acids is 1. The Kier molecular flexibility index (Phi) is 10.6. The fraction of sp³-hybridized carbons (Fsp3) is 0.375. The summed E-state index contributed by atoms with van der Waals surface area (Å²) in [5.74, 6) is -7.35. The van der Waals surface area contributed by atoms with Crippen molar-refractivity contribution in [2.75, 3.05) is 11.5 Å². The van der Waals surface area contributed by atoms with Gasteiger partial charge >= 0.3 is 18.5 Å². The van der Waals surface area contributed by atoms with Crippen LogP contribution >= 0.6 is 35.0 Å². The summed E-state index contributed by atoms with van der Waals surface area (Å²) in [7, 11) is 0. The zero-order chi connectivity index (χ0) is 29.1. The minimum atomic E-state index is -5.18. The molecule has 2 atom stereocenters. The maximum Gasteiger partial charge on any atom is 0.417 e. The lowest BCUT2D eigenvalue weighted by atomic mass is 9.93. The number of carbonyl (C=O) groups is 1. The monoisotopic (exact) mass is 614 g/mol. The molecule has 0 aromatic heterocycles. The Morgan fingerprint density at radius 3 is 2.11 bits per heavy atom. The predicted molar refractivity (Wildman–Crippen MR) is 127 cm³/mol. The Balaban J connectivity index is 2.38. The Bertz CT molecular complexity index is 1170. The molecular weight excluding hydrogens is 597 g/mol. The van der Waals surface area contributed by atoms with Crippen LogP contribution in [0.25, 0.3) is 5.83 Å². The molecule has 0 saturated carbocycles. The molecule has 0 bridgehead atoms. The van der Waals surface area contributed by atoms with Gasteiger partial charge in [0, 0.05) is 17.5 Å². The Hall–Kier alpha value is -1.92. The molecule has 0 aliphatic rings. The van der Waals surface area contributed by atoms with Crippen LogP contribution in [0.3, 0.4) is 0 Å². The van der Waals surface area contributed by atoms with Crippen molar-refractivity contribution in [3.8, 4) is 0 Å². The van der Waals surface area contributed by atoms with Crippen LogP contribution in [0, 0.1) is 5.92 Å². The highest BCUT2D eigenvalue weighted by atomic mass is 35.5. The number of thioether (sulfide) groups is 1. The number of Topliss-reactive ketones (excluding diaryl/α,β-unsaturated/α-hetero) is 1. The van der Waals surface area contributed by atoms with Gasteiger partial charge in [-0.1, -0.05) is 48.3 Å². The molecular formula is C24H18Cl2F10OS. The summed E-state index contributed by atoms with van der Waals surface area (Å²) in [4.78, 5) is 12.5. The van der Waals surface area contributed by atoms with E-state index < -0.39 is 76.4 Å². The minimum absolute atomic E-state index is 0.0656. The van der Waals surface area contributed by atoms with Crippen LogP contribution in [0.2, 0.25) is 10.0 Å². The molecule has 2 rings (SSSR count). The Morgan fingerprint density at radius 1 is 0.947 bits per heavy atom. The SMILES string of the molecule is C[C@H](CSCC(F)(F)F)CC(=O)c1ccc(/C(F)=C/C(c2ccc(Cl)c(Cl)c2)C(F)(F)F)cc1C(F)(F)F. The first kappa shape index (κ1) is 32.3. The van der Waals surface area contributed by atoms with Gasteiger partial charge in [-0.2, -0.15) is 51.3 Å². The molecule has 1 nitrogen and oxygen atoms in total. The highest BCUT2D eigenvalue weighted by Gasteiger charge is 2.41. The van der Waals surface area contributed by atoms with Gasteiger partial charge in [0.1, 0.15) is 11.7 Å². The molecule has 0 aliphatic heterocycles. The van der Waals surface area contributed by atoms with Gasteiger partial charge < -0.3 is 0 Å². The standard InChI is InChI=1S/C24H18Cl2F10OS/c1-12(10-38-11-22(28,29)30)6-21(37)15-4-2-14(7-17(15)24(34,35)36)20(27)9-16(23(31,32)33)13-3-5-18(25)19(26)8-13/h2-5,7-9,12,16H,6,10-11H2,1H3/b20-9-/t12-,16?/m0/s1. The summed E-state index contributed by atoms with van der Waals surface area (Å²) in [6.45, 7) is 1.38. The van der Waals surface area contributed by atoms with Gasteiger partial charge in [-0.25, -0.2) is 4.39 Å². The molecule has 2 aromatic rings. The number of alkyl halides is 9. The number of ketones is 1. The van der Waals surface area contributed by atoms with E-state index in [9.17, 15) is 48.7 Å². The number of rotatable bonds is 9. The highest BCUT2D eigenvalue weighted by molar-refractivity contribution is 7.99. The number of benzene rings is 2. The second-order valence-corrected chi connectivity index (χ2v) is 10.2. The first-order chi connectivity index (χ1) is 17.3. The zero-order valence-electron chi connectivity index (χ0n) is 19.2. The van der Waals surface area contributed by atoms with Gasteiger partial charge in [0.15, 0.2) is 5.78 Å². The second-order valence-electron chi connectivity index (χ2n) is 8.33. The molecule has 0 radical (unpaired) electrons. The lowest BCUT2D eigenvalue weighted by Gasteiger charge is -2.19. The minimum Gasteiger partial charge on any atom is -0.294 e. The zero-order valence-corrected chi connectivity index (χ0v) is 21.5. The Labute approximate surface area is 225 Å². The van der Waals surface area contributed by atoms with Crippen molar-refractivity contribution >= 4 is 46.6 Å². The molecule has 0 heterocycles. The normalized spacial score (nSPS) is 14.9. The molecule has 2 aromatic carbocycles. The quantitative estimate of drug-likeness (QED) is 0.206.